The number of nitrogens with one attached hydrogen (secondary N) is 1. The van der Waals surface area contributed by atoms with Crippen LogP contribution in [0.2, 0.25) is 0 Å². The summed E-state index contributed by atoms with van der Waals surface area (Å²) in [7, 11) is 0. The van der Waals surface area contributed by atoms with Crippen LogP contribution in [0.4, 0.5) is 24.1 Å². The molecule has 1 atom stereocenters. The second kappa shape index (κ2) is 9.48. The van der Waals surface area contributed by atoms with Crippen molar-refractivity contribution in [3.8, 4) is 0 Å². The number of rotatable bonds is 4. The van der Waals surface area contributed by atoms with Gasteiger partial charge in [-0.3, -0.25) is 0 Å². The Morgan fingerprint density at radius 3 is 2.53 bits per heavy atom. The zero-order valence-corrected chi connectivity index (χ0v) is 19.4. The molecule has 1 aromatic heterocycles. The first-order valence-electron chi connectivity index (χ1n) is 10.4. The number of piperidine rings is 1. The normalized spacial score (nSPS) is 17.0. The maximum absolute atomic E-state index is 15.3. The van der Waals surface area contributed by atoms with Gasteiger partial charge in [0.15, 0.2) is 5.00 Å². The Bertz CT molecular complexity index is 966. The van der Waals surface area contributed by atoms with E-state index in [4.69, 9.17) is 4.74 Å². The van der Waals surface area contributed by atoms with Gasteiger partial charge in [-0.2, -0.15) is 9.78 Å². The summed E-state index contributed by atoms with van der Waals surface area (Å²) >= 11 is 1.01. The molecule has 10 heteroatoms. The van der Waals surface area contributed by atoms with E-state index in [1.165, 1.54) is 31.5 Å². The van der Waals surface area contributed by atoms with Crippen molar-refractivity contribution >= 4 is 29.6 Å². The largest absolute Gasteiger partial charge is 0.442 e. The molecule has 1 N–H and O–H groups in total. The Hall–Kier alpha value is -2.62. The number of amides is 2. The molecule has 2 heterocycles. The maximum atomic E-state index is 15.3. The monoisotopic (exact) mass is 466 g/mol. The van der Waals surface area contributed by atoms with E-state index < -0.39 is 22.5 Å². The molecular formula is C22H28F2N4O3S. The lowest BCUT2D eigenvalue weighted by Gasteiger charge is -2.37. The van der Waals surface area contributed by atoms with Crippen LogP contribution in [0, 0.1) is 11.7 Å². The molecule has 2 aromatic rings. The molecule has 0 spiro atoms. The molecule has 7 nitrogen and oxygen atoms in total. The van der Waals surface area contributed by atoms with Crippen LogP contribution in [0.3, 0.4) is 0 Å². The smallest absolute Gasteiger partial charge is 0.435 e. The number of nitrogens with zero attached hydrogens (tertiary/aromatic N) is 3. The third kappa shape index (κ3) is 6.44. The topological polar surface area (TPSA) is 76.5 Å². The highest BCUT2D eigenvalue weighted by molar-refractivity contribution is 8.00. The minimum absolute atomic E-state index is 0.269. The molecule has 1 aromatic carbocycles. The SMILES string of the molecule is CC(C)(C)OC(=O)n1cc(NC(=O)N2CCC(C(C)(F)Sc3cccc(F)c3)CC2)cn1. The van der Waals surface area contributed by atoms with Gasteiger partial charge in [-0.15, -0.1) is 0 Å². The van der Waals surface area contributed by atoms with Gasteiger partial charge in [-0.25, -0.2) is 18.4 Å². The van der Waals surface area contributed by atoms with Crippen molar-refractivity contribution in [1.29, 1.82) is 0 Å². The number of anilines is 1. The Balaban J connectivity index is 1.52. The molecule has 0 radical (unpaired) electrons. The van der Waals surface area contributed by atoms with Gasteiger partial charge in [0, 0.05) is 23.9 Å². The minimum Gasteiger partial charge on any atom is -0.442 e. The van der Waals surface area contributed by atoms with Crippen molar-refractivity contribution in [2.24, 2.45) is 5.92 Å². The zero-order chi connectivity index (χ0) is 23.5. The van der Waals surface area contributed by atoms with E-state index in [0.29, 0.717) is 36.5 Å². The van der Waals surface area contributed by atoms with Crippen LogP contribution >= 0.6 is 11.8 Å². The summed E-state index contributed by atoms with van der Waals surface area (Å²) in [6.07, 6.45) is 3.08. The number of hydrogen-bond donors (Lipinski definition) is 1. The van der Waals surface area contributed by atoms with Crippen LogP contribution in [0.1, 0.15) is 40.5 Å². The Kier molecular flexibility index (Phi) is 7.12. The summed E-state index contributed by atoms with van der Waals surface area (Å²) in [5, 5.41) is 5.04. The molecular weight excluding hydrogens is 438 g/mol. The molecule has 0 bridgehead atoms. The van der Waals surface area contributed by atoms with Crippen LogP contribution < -0.4 is 5.32 Å². The van der Waals surface area contributed by atoms with Crippen LogP contribution in [0.25, 0.3) is 0 Å². The standard InChI is InChI=1S/C22H28F2N4O3S/c1-21(2,3)31-20(30)28-14-17(13-25-28)26-19(29)27-10-8-15(9-11-27)22(4,24)32-18-7-5-6-16(23)12-18/h5-7,12-15H,8-11H2,1-4H3,(H,26,29). The lowest BCUT2D eigenvalue weighted by molar-refractivity contribution is 0.0514. The third-order valence-corrected chi connectivity index (χ3v) is 6.26. The number of carbonyl (C=O) groups excluding carboxylic acids is 2. The molecule has 1 unspecified atom stereocenters. The van der Waals surface area contributed by atoms with E-state index in [9.17, 15) is 14.0 Å². The average molecular weight is 467 g/mol. The van der Waals surface area contributed by atoms with Gasteiger partial charge in [-0.1, -0.05) is 17.8 Å². The second-order valence-corrected chi connectivity index (χ2v) is 10.4. The molecule has 1 saturated heterocycles. The molecule has 0 saturated carbocycles. The summed E-state index contributed by atoms with van der Waals surface area (Å²) in [5.74, 6) is -0.665. The van der Waals surface area contributed by atoms with Crippen molar-refractivity contribution in [1.82, 2.24) is 14.7 Å². The molecule has 0 aliphatic carbocycles. The van der Waals surface area contributed by atoms with E-state index >= 15 is 4.39 Å². The number of hydrogen-bond acceptors (Lipinski definition) is 5. The van der Waals surface area contributed by atoms with Gasteiger partial charge in [0.25, 0.3) is 0 Å². The van der Waals surface area contributed by atoms with Crippen molar-refractivity contribution < 1.29 is 23.1 Å². The van der Waals surface area contributed by atoms with Crippen molar-refractivity contribution in [2.45, 2.75) is 56.0 Å². The number of aromatic nitrogens is 2. The molecule has 1 aliphatic rings. The summed E-state index contributed by atoms with van der Waals surface area (Å²) < 4.78 is 35.0. The number of ether oxygens (including phenoxy) is 1. The van der Waals surface area contributed by atoms with Crippen molar-refractivity contribution in [3.05, 3.63) is 42.5 Å². The van der Waals surface area contributed by atoms with E-state index in [2.05, 4.69) is 10.4 Å². The van der Waals surface area contributed by atoms with Gasteiger partial charge in [0.1, 0.15) is 11.4 Å². The van der Waals surface area contributed by atoms with Gasteiger partial charge in [0.2, 0.25) is 0 Å². The van der Waals surface area contributed by atoms with E-state index in [-0.39, 0.29) is 11.9 Å². The highest BCUT2D eigenvalue weighted by Gasteiger charge is 2.38. The Labute approximate surface area is 190 Å². The predicted octanol–water partition coefficient (Wildman–Crippen LogP) is 5.53. The lowest BCUT2D eigenvalue weighted by atomic mass is 9.92. The number of halogens is 2. The number of thioether (sulfide) groups is 1. The van der Waals surface area contributed by atoms with Crippen LogP contribution in [-0.4, -0.2) is 50.5 Å². The molecule has 3 rings (SSSR count). The van der Waals surface area contributed by atoms with E-state index in [1.54, 1.807) is 37.8 Å². The summed E-state index contributed by atoms with van der Waals surface area (Å²) in [4.78, 5) is 26.8. The lowest BCUT2D eigenvalue weighted by Crippen LogP contribution is -2.44. The fourth-order valence-electron chi connectivity index (χ4n) is 3.44. The van der Waals surface area contributed by atoms with Crippen LogP contribution in [-0.2, 0) is 4.74 Å². The van der Waals surface area contributed by atoms with Gasteiger partial charge >= 0.3 is 12.1 Å². The number of alkyl halides is 1. The van der Waals surface area contributed by atoms with Crippen LogP contribution in [0.15, 0.2) is 41.6 Å². The first kappa shape index (κ1) is 24.0. The molecule has 1 fully saturated rings. The fraction of sp³-hybridized carbons (Fsp3) is 0.500. The first-order chi connectivity index (χ1) is 14.9. The molecule has 174 valence electrons. The number of carbonyl (C=O) groups is 2. The number of benzene rings is 1. The van der Waals surface area contributed by atoms with E-state index in [0.717, 1.165) is 16.4 Å². The summed E-state index contributed by atoms with van der Waals surface area (Å²) in [6.45, 7) is 7.53. The summed E-state index contributed by atoms with van der Waals surface area (Å²) in [5.41, 5.74) is -0.297. The number of likely N-dealkylation sites (tertiary alicyclic amines) is 1. The molecule has 1 aliphatic heterocycles. The highest BCUT2D eigenvalue weighted by atomic mass is 32.2. The Morgan fingerprint density at radius 2 is 1.91 bits per heavy atom. The predicted molar refractivity (Wildman–Crippen MR) is 119 cm³/mol. The quantitative estimate of drug-likeness (QED) is 0.600. The highest BCUT2D eigenvalue weighted by Crippen LogP contribution is 2.44. The number of urea groups is 1. The van der Waals surface area contributed by atoms with Gasteiger partial charge < -0.3 is 15.0 Å². The molecule has 2 amide bonds. The molecule has 32 heavy (non-hydrogen) atoms. The van der Waals surface area contributed by atoms with Crippen molar-refractivity contribution in [3.63, 3.8) is 0 Å². The van der Waals surface area contributed by atoms with Gasteiger partial charge in [0.05, 0.1) is 18.1 Å². The maximum Gasteiger partial charge on any atom is 0.435 e. The zero-order valence-electron chi connectivity index (χ0n) is 18.6. The third-order valence-electron chi connectivity index (χ3n) is 5.04. The Morgan fingerprint density at radius 1 is 1.22 bits per heavy atom. The average Bonchev–Trinajstić information content (AvgIpc) is 3.15. The first-order valence-corrected chi connectivity index (χ1v) is 11.2. The second-order valence-electron chi connectivity index (χ2n) is 8.89. The van der Waals surface area contributed by atoms with E-state index in [1.807, 2.05) is 0 Å². The van der Waals surface area contributed by atoms with Crippen molar-refractivity contribution in [2.75, 3.05) is 18.4 Å². The van der Waals surface area contributed by atoms with Crippen LogP contribution in [0.5, 0.6) is 0 Å². The van der Waals surface area contributed by atoms with Gasteiger partial charge in [-0.05, 0) is 58.7 Å². The summed E-state index contributed by atoms with van der Waals surface area (Å²) in [6, 6.07) is 5.55. The minimum atomic E-state index is -1.58. The fourth-order valence-corrected chi connectivity index (χ4v) is 4.62.